The molecule has 0 aliphatic carbocycles. The topological polar surface area (TPSA) is 82.7 Å². The van der Waals surface area contributed by atoms with Crippen LogP contribution in [0.5, 0.6) is 0 Å². The van der Waals surface area contributed by atoms with E-state index in [0.29, 0.717) is 25.3 Å². The molecule has 0 aliphatic heterocycles. The van der Waals surface area contributed by atoms with E-state index in [0.717, 1.165) is 0 Å². The van der Waals surface area contributed by atoms with Crippen LogP contribution < -0.4 is 5.32 Å². The molecule has 0 saturated carbocycles. The predicted octanol–water partition coefficient (Wildman–Crippen LogP) is 0.838. The molecule has 0 saturated heterocycles. The predicted molar refractivity (Wildman–Crippen MR) is 53.7 cm³/mol. The van der Waals surface area contributed by atoms with Crippen molar-refractivity contribution in [1.29, 1.82) is 0 Å². The van der Waals surface area contributed by atoms with Gasteiger partial charge in [-0.25, -0.2) is 4.79 Å². The lowest BCUT2D eigenvalue weighted by atomic mass is 10.3. The van der Waals surface area contributed by atoms with Crippen LogP contribution in [0.4, 0.5) is 0 Å². The summed E-state index contributed by atoms with van der Waals surface area (Å²) in [5.74, 6) is -0.537. The molecule has 15 heavy (non-hydrogen) atoms. The Morgan fingerprint density at radius 1 is 1.60 bits per heavy atom. The van der Waals surface area contributed by atoms with Gasteiger partial charge in [0.05, 0.1) is 12.6 Å². The number of carbonyl (C=O) groups is 1. The van der Waals surface area contributed by atoms with Crippen molar-refractivity contribution in [2.45, 2.75) is 26.0 Å². The number of hydrogen-bond acceptors (Lipinski definition) is 4. The maximum absolute atomic E-state index is 10.5. The summed E-state index contributed by atoms with van der Waals surface area (Å²) in [6.07, 6.45) is 0.329. The Labute approximate surface area is 87.7 Å². The summed E-state index contributed by atoms with van der Waals surface area (Å²) in [5, 5.41) is 20.6. The summed E-state index contributed by atoms with van der Waals surface area (Å²) >= 11 is 0. The van der Waals surface area contributed by atoms with Gasteiger partial charge in [-0.3, -0.25) is 0 Å². The van der Waals surface area contributed by atoms with Crippen molar-refractivity contribution < 1.29 is 19.4 Å². The minimum Gasteiger partial charge on any atom is -0.475 e. The normalized spacial score (nSPS) is 12.7. The molecule has 1 unspecified atom stereocenters. The van der Waals surface area contributed by atoms with Crippen molar-refractivity contribution in [1.82, 2.24) is 5.32 Å². The number of nitrogens with one attached hydrogen (secondary N) is 1. The van der Waals surface area contributed by atoms with Crippen molar-refractivity contribution in [3.05, 3.63) is 23.7 Å². The Morgan fingerprint density at radius 3 is 2.87 bits per heavy atom. The zero-order valence-electron chi connectivity index (χ0n) is 8.56. The fourth-order valence-corrected chi connectivity index (χ4v) is 1.11. The summed E-state index contributed by atoms with van der Waals surface area (Å²) in [4.78, 5) is 10.5. The molecule has 1 aromatic rings. The molecule has 3 N–H and O–H groups in total. The quantitative estimate of drug-likeness (QED) is 0.610. The largest absolute Gasteiger partial charge is 0.475 e. The number of rotatable bonds is 6. The first-order chi connectivity index (χ1) is 7.09. The molecular formula is C10H15NO4. The van der Waals surface area contributed by atoms with Crippen LogP contribution in [0.2, 0.25) is 0 Å². The van der Waals surface area contributed by atoms with Crippen LogP contribution in [-0.2, 0) is 6.54 Å². The van der Waals surface area contributed by atoms with Crippen LogP contribution in [-0.4, -0.2) is 28.8 Å². The Hall–Kier alpha value is -1.33. The van der Waals surface area contributed by atoms with Gasteiger partial charge in [-0.05, 0) is 32.0 Å². The second kappa shape index (κ2) is 5.53. The van der Waals surface area contributed by atoms with E-state index in [1.807, 2.05) is 0 Å². The van der Waals surface area contributed by atoms with Crippen LogP contribution >= 0.6 is 0 Å². The molecule has 1 heterocycles. The molecule has 1 rings (SSSR count). The van der Waals surface area contributed by atoms with Crippen molar-refractivity contribution in [3.8, 4) is 0 Å². The number of aliphatic hydroxyl groups is 1. The number of hydrogen-bond donors (Lipinski definition) is 3. The van der Waals surface area contributed by atoms with Gasteiger partial charge in [-0.2, -0.15) is 0 Å². The van der Waals surface area contributed by atoms with Gasteiger partial charge in [0.15, 0.2) is 0 Å². The van der Waals surface area contributed by atoms with Crippen molar-refractivity contribution in [2.75, 3.05) is 6.54 Å². The lowest BCUT2D eigenvalue weighted by Crippen LogP contribution is -2.18. The summed E-state index contributed by atoms with van der Waals surface area (Å²) < 4.78 is 5.03. The second-order valence-electron chi connectivity index (χ2n) is 3.39. The third kappa shape index (κ3) is 4.14. The molecule has 0 amide bonds. The van der Waals surface area contributed by atoms with E-state index < -0.39 is 5.97 Å². The molecule has 0 aliphatic rings. The summed E-state index contributed by atoms with van der Waals surface area (Å²) in [6.45, 7) is 2.86. The zero-order valence-corrected chi connectivity index (χ0v) is 8.56. The standard InChI is InChI=1S/C10H15NO4/c1-7(12)4-5-11-6-8-2-3-9(15-8)10(13)14/h2-3,7,11-12H,4-6H2,1H3,(H,13,14). The monoisotopic (exact) mass is 213 g/mol. The molecule has 5 heteroatoms. The van der Waals surface area contributed by atoms with Crippen LogP contribution in [0.1, 0.15) is 29.7 Å². The SMILES string of the molecule is CC(O)CCNCc1ccc(C(=O)O)o1. The van der Waals surface area contributed by atoms with Crippen LogP contribution in [0, 0.1) is 0 Å². The highest BCUT2D eigenvalue weighted by molar-refractivity contribution is 5.84. The lowest BCUT2D eigenvalue weighted by molar-refractivity contribution is 0.0660. The fourth-order valence-electron chi connectivity index (χ4n) is 1.11. The highest BCUT2D eigenvalue weighted by Gasteiger charge is 2.08. The van der Waals surface area contributed by atoms with Crippen molar-refractivity contribution >= 4 is 5.97 Å². The Balaban J connectivity index is 2.29. The summed E-state index contributed by atoms with van der Waals surface area (Å²) in [6, 6.07) is 3.05. The van der Waals surface area contributed by atoms with E-state index in [1.54, 1.807) is 13.0 Å². The Kier molecular flexibility index (Phi) is 4.33. The minimum atomic E-state index is -1.06. The van der Waals surface area contributed by atoms with Gasteiger partial charge in [0, 0.05) is 0 Å². The van der Waals surface area contributed by atoms with Crippen molar-refractivity contribution in [2.24, 2.45) is 0 Å². The van der Waals surface area contributed by atoms with Gasteiger partial charge in [0.25, 0.3) is 0 Å². The van der Waals surface area contributed by atoms with Crippen LogP contribution in [0.25, 0.3) is 0 Å². The lowest BCUT2D eigenvalue weighted by Gasteiger charge is -2.04. The number of aliphatic hydroxyl groups excluding tert-OH is 1. The molecule has 0 bridgehead atoms. The molecule has 0 radical (unpaired) electrons. The molecule has 0 fully saturated rings. The molecule has 1 atom stereocenters. The van der Waals surface area contributed by atoms with Crippen LogP contribution in [0.15, 0.2) is 16.5 Å². The van der Waals surface area contributed by atoms with Gasteiger partial charge in [-0.15, -0.1) is 0 Å². The van der Waals surface area contributed by atoms with Gasteiger partial charge in [0.1, 0.15) is 5.76 Å². The first-order valence-corrected chi connectivity index (χ1v) is 4.80. The maximum atomic E-state index is 10.5. The molecule has 0 spiro atoms. The molecule has 84 valence electrons. The summed E-state index contributed by atoms with van der Waals surface area (Å²) in [7, 11) is 0. The first-order valence-electron chi connectivity index (χ1n) is 4.80. The minimum absolute atomic E-state index is 0.0534. The second-order valence-corrected chi connectivity index (χ2v) is 3.39. The van der Waals surface area contributed by atoms with Crippen LogP contribution in [0.3, 0.4) is 0 Å². The smallest absolute Gasteiger partial charge is 0.371 e. The average molecular weight is 213 g/mol. The molecular weight excluding hydrogens is 198 g/mol. The van der Waals surface area contributed by atoms with E-state index in [1.165, 1.54) is 6.07 Å². The van der Waals surface area contributed by atoms with E-state index in [-0.39, 0.29) is 11.9 Å². The van der Waals surface area contributed by atoms with E-state index >= 15 is 0 Å². The van der Waals surface area contributed by atoms with E-state index in [2.05, 4.69) is 5.32 Å². The van der Waals surface area contributed by atoms with Gasteiger partial charge in [0.2, 0.25) is 5.76 Å². The molecule has 0 aromatic carbocycles. The highest BCUT2D eigenvalue weighted by Crippen LogP contribution is 2.07. The number of carboxylic acids is 1. The number of furan rings is 1. The fraction of sp³-hybridized carbons (Fsp3) is 0.500. The third-order valence-electron chi connectivity index (χ3n) is 1.91. The number of aromatic carboxylic acids is 1. The molecule has 1 aromatic heterocycles. The zero-order chi connectivity index (χ0) is 11.3. The highest BCUT2D eigenvalue weighted by atomic mass is 16.4. The van der Waals surface area contributed by atoms with E-state index in [4.69, 9.17) is 14.6 Å². The van der Waals surface area contributed by atoms with Gasteiger partial charge >= 0.3 is 5.97 Å². The first kappa shape index (κ1) is 11.7. The van der Waals surface area contributed by atoms with Crippen molar-refractivity contribution in [3.63, 3.8) is 0 Å². The average Bonchev–Trinajstić information content (AvgIpc) is 2.60. The Morgan fingerprint density at radius 2 is 2.33 bits per heavy atom. The van der Waals surface area contributed by atoms with Gasteiger partial charge in [-0.1, -0.05) is 0 Å². The third-order valence-corrected chi connectivity index (χ3v) is 1.91. The maximum Gasteiger partial charge on any atom is 0.371 e. The molecule has 5 nitrogen and oxygen atoms in total. The summed E-state index contributed by atoms with van der Waals surface area (Å²) in [5.41, 5.74) is 0. The van der Waals surface area contributed by atoms with Gasteiger partial charge < -0.3 is 19.9 Å². The number of carboxylic acid groups (broad SMARTS) is 1. The Bertz CT molecular complexity index is 319. The van der Waals surface area contributed by atoms with E-state index in [9.17, 15) is 4.79 Å².